The van der Waals surface area contributed by atoms with Crippen LogP contribution in [0, 0.1) is 25.5 Å². The van der Waals surface area contributed by atoms with Crippen molar-refractivity contribution in [3.8, 4) is 0 Å². The van der Waals surface area contributed by atoms with Crippen molar-refractivity contribution in [2.45, 2.75) is 20.4 Å². The Bertz CT molecular complexity index is 588. The molecule has 0 saturated carbocycles. The summed E-state index contributed by atoms with van der Waals surface area (Å²) in [7, 11) is 0. The summed E-state index contributed by atoms with van der Waals surface area (Å²) < 4.78 is 27.0. The van der Waals surface area contributed by atoms with Gasteiger partial charge in [-0.2, -0.15) is 0 Å². The maximum atomic E-state index is 13.1. The maximum Gasteiger partial charge on any atom is 0.159 e. The van der Waals surface area contributed by atoms with Gasteiger partial charge in [-0.05, 0) is 54.8 Å². The van der Waals surface area contributed by atoms with Crippen LogP contribution in [0.25, 0.3) is 0 Å². The molecule has 1 N–H and O–H groups in total. The molecule has 0 unspecified atom stereocenters. The van der Waals surface area contributed by atoms with Gasteiger partial charge < -0.3 is 5.32 Å². The largest absolute Gasteiger partial charge is 0.381 e. The van der Waals surface area contributed by atoms with Crippen molar-refractivity contribution >= 4 is 21.6 Å². The van der Waals surface area contributed by atoms with E-state index in [1.807, 2.05) is 26.0 Å². The van der Waals surface area contributed by atoms with Crippen molar-refractivity contribution < 1.29 is 8.78 Å². The minimum Gasteiger partial charge on any atom is -0.381 e. The van der Waals surface area contributed by atoms with Crippen LogP contribution in [-0.4, -0.2) is 0 Å². The van der Waals surface area contributed by atoms with Gasteiger partial charge in [-0.1, -0.05) is 22.0 Å². The fourth-order valence-corrected chi connectivity index (χ4v) is 2.72. The van der Waals surface area contributed by atoms with Crippen LogP contribution in [0.2, 0.25) is 0 Å². The Kier molecular flexibility index (Phi) is 4.20. The van der Waals surface area contributed by atoms with Gasteiger partial charge in [0.25, 0.3) is 0 Å². The third-order valence-corrected chi connectivity index (χ3v) is 3.41. The second-order valence-electron chi connectivity index (χ2n) is 4.52. The molecule has 0 fully saturated rings. The van der Waals surface area contributed by atoms with E-state index < -0.39 is 11.6 Å². The van der Waals surface area contributed by atoms with E-state index in [9.17, 15) is 8.78 Å². The lowest BCUT2D eigenvalue weighted by molar-refractivity contribution is 0.507. The zero-order valence-electron chi connectivity index (χ0n) is 10.7. The molecule has 0 aliphatic heterocycles. The SMILES string of the molecule is Cc1cc(Br)cc(C)c1NCc1ccc(F)c(F)c1. The third-order valence-electron chi connectivity index (χ3n) is 2.95. The lowest BCUT2D eigenvalue weighted by atomic mass is 10.1. The Morgan fingerprint density at radius 2 is 1.63 bits per heavy atom. The van der Waals surface area contributed by atoms with Gasteiger partial charge >= 0.3 is 0 Å². The van der Waals surface area contributed by atoms with E-state index in [0.717, 1.165) is 27.4 Å². The lowest BCUT2D eigenvalue weighted by Crippen LogP contribution is -2.03. The molecule has 2 aromatic rings. The molecule has 100 valence electrons. The molecule has 0 radical (unpaired) electrons. The first-order valence-electron chi connectivity index (χ1n) is 5.92. The van der Waals surface area contributed by atoms with Gasteiger partial charge in [0.15, 0.2) is 11.6 Å². The molecule has 1 nitrogen and oxygen atoms in total. The number of hydrogen-bond donors (Lipinski definition) is 1. The molecule has 0 heterocycles. The summed E-state index contributed by atoms with van der Waals surface area (Å²) in [5.74, 6) is -1.64. The second kappa shape index (κ2) is 5.70. The number of nitrogens with one attached hydrogen (secondary N) is 1. The molecule has 4 heteroatoms. The quantitative estimate of drug-likeness (QED) is 0.841. The third kappa shape index (κ3) is 3.32. The highest BCUT2D eigenvalue weighted by atomic mass is 79.9. The predicted molar refractivity (Wildman–Crippen MR) is 77.3 cm³/mol. The van der Waals surface area contributed by atoms with Crippen molar-refractivity contribution in [1.82, 2.24) is 0 Å². The number of benzene rings is 2. The Morgan fingerprint density at radius 1 is 1.00 bits per heavy atom. The van der Waals surface area contributed by atoms with Gasteiger partial charge in [-0.15, -0.1) is 0 Å². The lowest BCUT2D eigenvalue weighted by Gasteiger charge is -2.13. The van der Waals surface area contributed by atoms with E-state index in [2.05, 4.69) is 21.2 Å². The fourth-order valence-electron chi connectivity index (χ4n) is 2.03. The van der Waals surface area contributed by atoms with E-state index in [1.54, 1.807) is 6.07 Å². The standard InChI is InChI=1S/C15H14BrF2N/c1-9-5-12(16)6-10(2)15(9)19-8-11-3-4-13(17)14(18)7-11/h3-7,19H,8H2,1-2H3. The van der Waals surface area contributed by atoms with Crippen LogP contribution in [0.5, 0.6) is 0 Å². The summed E-state index contributed by atoms with van der Waals surface area (Å²) in [5.41, 5.74) is 3.94. The molecule has 2 aromatic carbocycles. The average Bonchev–Trinajstić information content (AvgIpc) is 2.32. The average molecular weight is 326 g/mol. The molecular formula is C15H14BrF2N. The van der Waals surface area contributed by atoms with Crippen LogP contribution >= 0.6 is 15.9 Å². The molecule has 0 aromatic heterocycles. The van der Waals surface area contributed by atoms with Crippen molar-refractivity contribution in [1.29, 1.82) is 0 Å². The summed E-state index contributed by atoms with van der Waals surface area (Å²) >= 11 is 3.44. The molecular weight excluding hydrogens is 312 g/mol. The Balaban J connectivity index is 2.16. The molecule has 0 atom stereocenters. The summed E-state index contributed by atoms with van der Waals surface area (Å²) in [5, 5.41) is 3.26. The minimum absolute atomic E-state index is 0.459. The summed E-state index contributed by atoms with van der Waals surface area (Å²) in [4.78, 5) is 0. The van der Waals surface area contributed by atoms with Crippen molar-refractivity contribution in [3.05, 3.63) is 63.1 Å². The normalized spacial score (nSPS) is 10.6. The fraction of sp³-hybridized carbons (Fsp3) is 0.200. The van der Waals surface area contributed by atoms with Gasteiger partial charge in [0.2, 0.25) is 0 Å². The highest BCUT2D eigenvalue weighted by Crippen LogP contribution is 2.25. The first kappa shape index (κ1) is 14.0. The van der Waals surface area contributed by atoms with Gasteiger partial charge in [-0.3, -0.25) is 0 Å². The van der Waals surface area contributed by atoms with Crippen molar-refractivity contribution in [2.24, 2.45) is 0 Å². The van der Waals surface area contributed by atoms with Crippen LogP contribution < -0.4 is 5.32 Å². The Labute approximate surface area is 119 Å². The van der Waals surface area contributed by atoms with Gasteiger partial charge in [-0.25, -0.2) is 8.78 Å². The van der Waals surface area contributed by atoms with E-state index >= 15 is 0 Å². The molecule has 0 amide bonds. The minimum atomic E-state index is -0.820. The maximum absolute atomic E-state index is 13.1. The number of rotatable bonds is 3. The Hall–Kier alpha value is -1.42. The van der Waals surface area contributed by atoms with E-state index in [1.165, 1.54) is 6.07 Å². The van der Waals surface area contributed by atoms with Crippen LogP contribution in [0.1, 0.15) is 16.7 Å². The van der Waals surface area contributed by atoms with Crippen LogP contribution in [0.3, 0.4) is 0 Å². The van der Waals surface area contributed by atoms with Gasteiger partial charge in [0.1, 0.15) is 0 Å². The Morgan fingerprint density at radius 3 is 2.21 bits per heavy atom. The highest BCUT2D eigenvalue weighted by Gasteiger charge is 2.06. The van der Waals surface area contributed by atoms with E-state index in [0.29, 0.717) is 12.1 Å². The first-order chi connectivity index (χ1) is 8.97. The van der Waals surface area contributed by atoms with Crippen LogP contribution in [0.4, 0.5) is 14.5 Å². The number of halogens is 3. The van der Waals surface area contributed by atoms with Crippen LogP contribution in [-0.2, 0) is 6.54 Å². The smallest absolute Gasteiger partial charge is 0.159 e. The molecule has 2 rings (SSSR count). The monoisotopic (exact) mass is 325 g/mol. The zero-order chi connectivity index (χ0) is 14.0. The van der Waals surface area contributed by atoms with E-state index in [4.69, 9.17) is 0 Å². The van der Waals surface area contributed by atoms with Crippen LogP contribution in [0.15, 0.2) is 34.8 Å². The summed E-state index contributed by atoms with van der Waals surface area (Å²) in [6.07, 6.45) is 0. The van der Waals surface area contributed by atoms with Gasteiger partial charge in [0.05, 0.1) is 0 Å². The molecule has 0 saturated heterocycles. The summed E-state index contributed by atoms with van der Waals surface area (Å²) in [6, 6.07) is 7.97. The van der Waals surface area contributed by atoms with E-state index in [-0.39, 0.29) is 0 Å². The second-order valence-corrected chi connectivity index (χ2v) is 5.43. The molecule has 0 aliphatic rings. The number of hydrogen-bond acceptors (Lipinski definition) is 1. The van der Waals surface area contributed by atoms with Crippen molar-refractivity contribution in [2.75, 3.05) is 5.32 Å². The molecule has 0 bridgehead atoms. The topological polar surface area (TPSA) is 12.0 Å². The number of anilines is 1. The zero-order valence-corrected chi connectivity index (χ0v) is 12.3. The van der Waals surface area contributed by atoms with Crippen molar-refractivity contribution in [3.63, 3.8) is 0 Å². The predicted octanol–water partition coefficient (Wildman–Crippen LogP) is 4.96. The molecule has 0 aliphatic carbocycles. The highest BCUT2D eigenvalue weighted by molar-refractivity contribution is 9.10. The summed E-state index contributed by atoms with van der Waals surface area (Å²) in [6.45, 7) is 4.47. The number of aryl methyl sites for hydroxylation is 2. The first-order valence-corrected chi connectivity index (χ1v) is 6.71. The molecule has 0 spiro atoms. The molecule has 19 heavy (non-hydrogen) atoms. The van der Waals surface area contributed by atoms with Gasteiger partial charge in [0, 0.05) is 16.7 Å².